The van der Waals surface area contributed by atoms with Crippen molar-refractivity contribution in [1.29, 1.82) is 0 Å². The topological polar surface area (TPSA) is 82.0 Å². The molecule has 1 fully saturated rings. The predicted octanol–water partition coefficient (Wildman–Crippen LogP) is 3.39. The zero-order valence-electron chi connectivity index (χ0n) is 18.1. The number of likely N-dealkylation sites (N-methyl/N-ethyl adjacent to an activating group) is 1. The zero-order valence-corrected chi connectivity index (χ0v) is 18.9. The monoisotopic (exact) mass is 433 g/mol. The molecule has 0 aromatic heterocycles. The minimum absolute atomic E-state index is 0.0247. The number of rotatable bonds is 5. The Labute approximate surface area is 182 Å². The Morgan fingerprint density at radius 2 is 2.03 bits per heavy atom. The third-order valence-electron chi connectivity index (χ3n) is 7.05. The van der Waals surface area contributed by atoms with E-state index in [0.29, 0.717) is 25.0 Å². The van der Waals surface area contributed by atoms with Crippen LogP contribution in [0.5, 0.6) is 0 Å². The molecule has 2 heterocycles. The van der Waals surface area contributed by atoms with Gasteiger partial charge in [-0.25, -0.2) is 4.79 Å². The van der Waals surface area contributed by atoms with Crippen LogP contribution in [0.1, 0.15) is 49.7 Å². The molecule has 164 valence electrons. The van der Waals surface area contributed by atoms with Gasteiger partial charge in [0.1, 0.15) is 0 Å². The van der Waals surface area contributed by atoms with Gasteiger partial charge in [-0.15, -0.1) is 0 Å². The van der Waals surface area contributed by atoms with E-state index in [2.05, 4.69) is 21.6 Å². The van der Waals surface area contributed by atoms with Crippen molar-refractivity contribution < 1.29 is 9.72 Å². The largest absolute Gasteiger partial charge is 0.334 e. The van der Waals surface area contributed by atoms with E-state index >= 15 is 0 Å². The fourth-order valence-electron chi connectivity index (χ4n) is 5.64. The summed E-state index contributed by atoms with van der Waals surface area (Å²) in [7, 11) is 2.12. The highest BCUT2D eigenvalue weighted by Crippen LogP contribution is 2.54. The number of benzene rings is 1. The summed E-state index contributed by atoms with van der Waals surface area (Å²) in [4.78, 5) is 28.1. The van der Waals surface area contributed by atoms with Crippen molar-refractivity contribution in [2.24, 2.45) is 0 Å². The number of hydrogen-bond acceptors (Lipinski definition) is 6. The number of piperidine rings is 1. The van der Waals surface area contributed by atoms with E-state index in [0.717, 1.165) is 37.2 Å². The number of non-ortho nitro benzene ring substituents is 1. The number of carbonyl (C=O) groups is 1. The average Bonchev–Trinajstić information content (AvgIpc) is 3.08. The Morgan fingerprint density at radius 3 is 2.67 bits per heavy atom. The molecule has 0 radical (unpaired) electrons. The number of likely N-dealkylation sites (tertiary alicyclic amines) is 1. The highest BCUT2D eigenvalue weighted by atomic mass is 32.2. The third-order valence-corrected chi connectivity index (χ3v) is 7.84. The van der Waals surface area contributed by atoms with Crippen LogP contribution in [0.4, 0.5) is 16.2 Å². The highest BCUT2D eigenvalue weighted by Gasteiger charge is 2.46. The number of urea groups is 1. The molecule has 0 unspecified atom stereocenters. The smallest absolute Gasteiger partial charge is 0.317 e. The molecule has 4 atom stereocenters. The van der Waals surface area contributed by atoms with Crippen molar-refractivity contribution in [2.75, 3.05) is 43.8 Å². The Kier molecular flexibility index (Phi) is 5.85. The lowest BCUT2D eigenvalue weighted by Gasteiger charge is -2.47. The van der Waals surface area contributed by atoms with Gasteiger partial charge in [-0.05, 0) is 44.9 Å². The molecule has 1 saturated heterocycles. The van der Waals surface area contributed by atoms with Gasteiger partial charge < -0.3 is 19.4 Å². The quantitative estimate of drug-likeness (QED) is 0.435. The maximum Gasteiger partial charge on any atom is 0.317 e. The Balaban J connectivity index is 1.67. The fourth-order valence-corrected chi connectivity index (χ4v) is 6.32. The van der Waals surface area contributed by atoms with Gasteiger partial charge in [0.15, 0.2) is 0 Å². The van der Waals surface area contributed by atoms with E-state index in [1.165, 1.54) is 5.56 Å². The van der Waals surface area contributed by atoms with E-state index in [1.807, 2.05) is 20.1 Å². The molecule has 1 N–H and O–H groups in total. The van der Waals surface area contributed by atoms with Crippen LogP contribution in [0, 0.1) is 10.1 Å². The summed E-state index contributed by atoms with van der Waals surface area (Å²) < 4.78 is 2.20. The molecule has 9 heteroatoms. The van der Waals surface area contributed by atoms with E-state index in [-0.39, 0.29) is 28.6 Å². The lowest BCUT2D eigenvalue weighted by molar-refractivity contribution is -0.384. The molecule has 1 aliphatic carbocycles. The molecule has 30 heavy (non-hydrogen) atoms. The maximum absolute atomic E-state index is 12.6. The SMILES string of the molecule is CCN(CC)C(=O)N[C@H]1C[C@@H]2c3cc([N+](=O)[O-])cc4c3[C@H](C[C@H]2N(C)C1)CN4SC. The minimum atomic E-state index is -0.279. The summed E-state index contributed by atoms with van der Waals surface area (Å²) in [6.45, 7) is 7.05. The Hall–Kier alpha value is -2.00. The summed E-state index contributed by atoms with van der Waals surface area (Å²) in [6.07, 6.45) is 3.91. The normalized spacial score (nSPS) is 27.4. The molecule has 2 aliphatic heterocycles. The van der Waals surface area contributed by atoms with Gasteiger partial charge in [0.2, 0.25) is 0 Å². The van der Waals surface area contributed by atoms with E-state index in [4.69, 9.17) is 0 Å². The van der Waals surface area contributed by atoms with Crippen LogP contribution < -0.4 is 9.62 Å². The van der Waals surface area contributed by atoms with Crippen LogP contribution in [-0.2, 0) is 0 Å². The van der Waals surface area contributed by atoms with Crippen molar-refractivity contribution in [1.82, 2.24) is 15.1 Å². The molecular weight excluding hydrogens is 402 g/mol. The Bertz CT molecular complexity index is 846. The first-order chi connectivity index (χ1) is 14.4. The first kappa shape index (κ1) is 21.2. The van der Waals surface area contributed by atoms with Gasteiger partial charge >= 0.3 is 6.03 Å². The molecule has 1 aromatic carbocycles. The van der Waals surface area contributed by atoms with Gasteiger partial charge in [-0.2, -0.15) is 0 Å². The summed E-state index contributed by atoms with van der Waals surface area (Å²) in [5.74, 6) is 0.603. The van der Waals surface area contributed by atoms with Crippen LogP contribution in [0.3, 0.4) is 0 Å². The molecule has 0 spiro atoms. The molecule has 4 rings (SSSR count). The first-order valence-corrected chi connectivity index (χ1v) is 12.0. The van der Waals surface area contributed by atoms with Gasteiger partial charge in [-0.1, -0.05) is 11.9 Å². The van der Waals surface area contributed by atoms with Crippen molar-refractivity contribution in [3.8, 4) is 0 Å². The van der Waals surface area contributed by atoms with Crippen LogP contribution in [0.2, 0.25) is 0 Å². The molecule has 0 bridgehead atoms. The highest BCUT2D eigenvalue weighted by molar-refractivity contribution is 8.00. The molecule has 0 saturated carbocycles. The molecule has 2 amide bonds. The third kappa shape index (κ3) is 3.51. The number of hydrogen-bond donors (Lipinski definition) is 1. The molecule has 3 aliphatic rings. The number of nitro benzene ring substituents is 1. The summed E-state index contributed by atoms with van der Waals surface area (Å²) >= 11 is 1.64. The molecule has 8 nitrogen and oxygen atoms in total. The standard InChI is InChI=1S/C21H31N5O3S/c1-5-24(6-2)21(27)22-14-8-16-17-9-15(26(28)29)10-19-20(17)13(11-25(19)30-4)7-18(16)23(3)12-14/h9-10,13-14,16,18H,5-8,11-12H2,1-4H3,(H,22,27)/t13-,14+,16-,18-/m1/s1. The molecule has 1 aromatic rings. The number of nitro groups is 1. The average molecular weight is 434 g/mol. The van der Waals surface area contributed by atoms with Gasteiger partial charge in [0.05, 0.1) is 10.6 Å². The Morgan fingerprint density at radius 1 is 1.30 bits per heavy atom. The van der Waals surface area contributed by atoms with Gasteiger partial charge in [0.25, 0.3) is 5.69 Å². The van der Waals surface area contributed by atoms with Crippen LogP contribution in [0.15, 0.2) is 12.1 Å². The van der Waals surface area contributed by atoms with Crippen molar-refractivity contribution in [2.45, 2.75) is 50.6 Å². The number of amides is 2. The summed E-state index contributed by atoms with van der Waals surface area (Å²) in [6, 6.07) is 3.90. The van der Waals surface area contributed by atoms with Crippen molar-refractivity contribution in [3.63, 3.8) is 0 Å². The number of nitrogens with zero attached hydrogens (tertiary/aromatic N) is 4. The number of nitrogens with one attached hydrogen (secondary N) is 1. The van der Waals surface area contributed by atoms with E-state index in [1.54, 1.807) is 29.0 Å². The molecular formula is C21H31N5O3S. The lowest BCUT2D eigenvalue weighted by atomic mass is 9.69. The zero-order chi connectivity index (χ0) is 21.6. The van der Waals surface area contributed by atoms with Crippen molar-refractivity contribution in [3.05, 3.63) is 33.4 Å². The predicted molar refractivity (Wildman–Crippen MR) is 120 cm³/mol. The first-order valence-electron chi connectivity index (χ1n) is 10.8. The van der Waals surface area contributed by atoms with Crippen LogP contribution >= 0.6 is 11.9 Å². The summed E-state index contributed by atoms with van der Waals surface area (Å²) in [5, 5.41) is 14.9. The fraction of sp³-hybridized carbons (Fsp3) is 0.667. The van der Waals surface area contributed by atoms with Crippen LogP contribution in [0.25, 0.3) is 0 Å². The van der Waals surface area contributed by atoms with Gasteiger partial charge in [-0.3, -0.25) is 10.1 Å². The van der Waals surface area contributed by atoms with E-state index in [9.17, 15) is 14.9 Å². The van der Waals surface area contributed by atoms with Crippen molar-refractivity contribution >= 4 is 29.4 Å². The number of carbonyl (C=O) groups excluding carboxylic acids is 1. The van der Waals surface area contributed by atoms with Gasteiger partial charge in [0, 0.05) is 68.5 Å². The second kappa shape index (κ2) is 8.26. The lowest BCUT2D eigenvalue weighted by Crippen LogP contribution is -2.56. The minimum Gasteiger partial charge on any atom is -0.334 e. The second-order valence-corrected chi connectivity index (χ2v) is 9.37. The van der Waals surface area contributed by atoms with E-state index < -0.39 is 0 Å². The summed E-state index contributed by atoms with van der Waals surface area (Å²) in [5.41, 5.74) is 3.58. The second-order valence-electron chi connectivity index (χ2n) is 8.57. The number of anilines is 1. The number of fused-ring (bicyclic) bond motifs is 2. The van der Waals surface area contributed by atoms with Crippen LogP contribution in [-0.4, -0.2) is 72.3 Å². The maximum atomic E-state index is 12.6.